The standard InChI is InChI=1S/C9H5Cl4NO3S/c10-8(11)7(15)14(6-4-2-1-3-5-6)18(16,17)9(8,12)13/h1-5H. The molecule has 98 valence electrons. The second kappa shape index (κ2) is 4.15. The Bertz CT molecular complexity index is 599. The van der Waals surface area contributed by atoms with E-state index in [1.165, 1.54) is 12.1 Å². The van der Waals surface area contributed by atoms with E-state index >= 15 is 0 Å². The van der Waals surface area contributed by atoms with Crippen LogP contribution in [0.1, 0.15) is 0 Å². The predicted molar refractivity (Wildman–Crippen MR) is 71.7 cm³/mol. The topological polar surface area (TPSA) is 54.5 Å². The summed E-state index contributed by atoms with van der Waals surface area (Å²) in [5.41, 5.74) is 0.0661. The zero-order valence-corrected chi connectivity index (χ0v) is 12.3. The van der Waals surface area contributed by atoms with Gasteiger partial charge in [-0.05, 0) is 12.1 Å². The number of anilines is 1. The highest BCUT2D eigenvalue weighted by Crippen LogP contribution is 2.55. The van der Waals surface area contributed by atoms with Gasteiger partial charge in [0.2, 0.25) is 4.33 Å². The fourth-order valence-corrected chi connectivity index (χ4v) is 4.28. The Morgan fingerprint density at radius 1 is 1.00 bits per heavy atom. The van der Waals surface area contributed by atoms with Crippen molar-refractivity contribution in [3.63, 3.8) is 0 Å². The summed E-state index contributed by atoms with van der Waals surface area (Å²) in [7, 11) is -4.42. The van der Waals surface area contributed by atoms with E-state index in [1.54, 1.807) is 18.2 Å². The third-order valence-corrected chi connectivity index (χ3v) is 7.42. The van der Waals surface area contributed by atoms with E-state index in [1.807, 2.05) is 0 Å². The van der Waals surface area contributed by atoms with Crippen LogP contribution in [0.2, 0.25) is 0 Å². The number of carbonyl (C=O) groups excluding carboxylic acids is 1. The van der Waals surface area contributed by atoms with Crippen LogP contribution >= 0.6 is 46.4 Å². The molecular weight excluding hydrogens is 344 g/mol. The summed E-state index contributed by atoms with van der Waals surface area (Å²) in [4.78, 5) is 12.0. The number of rotatable bonds is 1. The van der Waals surface area contributed by atoms with Crippen LogP contribution in [0.3, 0.4) is 0 Å². The van der Waals surface area contributed by atoms with E-state index in [0.29, 0.717) is 4.31 Å². The predicted octanol–water partition coefficient (Wildman–Crippen LogP) is 2.67. The molecule has 1 heterocycles. The molecular formula is C9H5Cl4NO3S. The molecule has 0 radical (unpaired) electrons. The van der Waals surface area contributed by atoms with Gasteiger partial charge < -0.3 is 0 Å². The largest absolute Gasteiger partial charge is 0.281 e. The lowest BCUT2D eigenvalue weighted by Crippen LogP contribution is -2.38. The molecule has 2 rings (SSSR count). The number of carbonyl (C=O) groups is 1. The van der Waals surface area contributed by atoms with Crippen molar-refractivity contribution in [2.24, 2.45) is 0 Å². The molecule has 1 saturated heterocycles. The minimum Gasteiger partial charge on any atom is -0.270 e. The summed E-state index contributed by atoms with van der Waals surface area (Å²) < 4.78 is 19.5. The Kier molecular flexibility index (Phi) is 3.28. The number of alkyl halides is 4. The van der Waals surface area contributed by atoms with Crippen molar-refractivity contribution in [2.45, 2.75) is 8.00 Å². The quantitative estimate of drug-likeness (QED) is 0.733. The third kappa shape index (κ3) is 1.65. The first kappa shape index (κ1) is 14.2. The lowest BCUT2D eigenvalue weighted by molar-refractivity contribution is -0.117. The molecule has 0 unspecified atom stereocenters. The Balaban J connectivity index is 2.69. The normalized spacial score (nSPS) is 24.2. The molecule has 18 heavy (non-hydrogen) atoms. The van der Waals surface area contributed by atoms with Gasteiger partial charge in [0.1, 0.15) is 0 Å². The minimum absolute atomic E-state index is 0.0661. The van der Waals surface area contributed by atoms with E-state index in [4.69, 9.17) is 46.4 Å². The second-order valence-corrected chi connectivity index (χ2v) is 8.53. The zero-order valence-electron chi connectivity index (χ0n) is 8.48. The van der Waals surface area contributed by atoms with Crippen LogP contribution in [-0.4, -0.2) is 22.3 Å². The van der Waals surface area contributed by atoms with E-state index in [2.05, 4.69) is 0 Å². The maximum Gasteiger partial charge on any atom is 0.281 e. The summed E-state index contributed by atoms with van der Waals surface area (Å²) in [5.74, 6) is -1.11. The van der Waals surface area contributed by atoms with E-state index < -0.39 is 23.9 Å². The van der Waals surface area contributed by atoms with Gasteiger partial charge >= 0.3 is 0 Å². The van der Waals surface area contributed by atoms with Crippen molar-refractivity contribution in [1.82, 2.24) is 0 Å². The number of para-hydroxylation sites is 1. The summed E-state index contributed by atoms with van der Waals surface area (Å²) in [6.45, 7) is 0. The molecule has 0 saturated carbocycles. The average Bonchev–Trinajstić information content (AvgIpc) is 2.37. The van der Waals surface area contributed by atoms with E-state index in [9.17, 15) is 13.2 Å². The van der Waals surface area contributed by atoms with Crippen LogP contribution < -0.4 is 4.31 Å². The SMILES string of the molecule is O=C1N(c2ccccc2)S(=O)(=O)C(Cl)(Cl)C1(Cl)Cl. The van der Waals surface area contributed by atoms with Crippen LogP contribution in [0.5, 0.6) is 0 Å². The molecule has 1 aromatic rings. The molecule has 0 aromatic heterocycles. The van der Waals surface area contributed by atoms with Gasteiger partial charge in [-0.2, -0.15) is 0 Å². The summed E-state index contributed by atoms with van der Waals surface area (Å²) in [5, 5.41) is 0. The van der Waals surface area contributed by atoms with Gasteiger partial charge in [0.05, 0.1) is 5.69 Å². The number of nitrogens with zero attached hydrogens (tertiary/aromatic N) is 1. The van der Waals surface area contributed by atoms with Gasteiger partial charge in [-0.15, -0.1) is 0 Å². The summed E-state index contributed by atoms with van der Waals surface area (Å²) in [6, 6.07) is 7.54. The van der Waals surface area contributed by atoms with Crippen molar-refractivity contribution in [3.8, 4) is 0 Å². The number of sulfonamides is 1. The van der Waals surface area contributed by atoms with Crippen molar-refractivity contribution in [1.29, 1.82) is 0 Å². The number of hydrogen-bond donors (Lipinski definition) is 0. The molecule has 1 aliphatic heterocycles. The lowest BCUT2D eigenvalue weighted by Gasteiger charge is -2.19. The van der Waals surface area contributed by atoms with Gasteiger partial charge in [-0.3, -0.25) is 4.79 Å². The molecule has 0 spiro atoms. The smallest absolute Gasteiger partial charge is 0.270 e. The highest BCUT2D eigenvalue weighted by molar-refractivity contribution is 7.98. The molecule has 1 amide bonds. The summed E-state index contributed by atoms with van der Waals surface area (Å²) >= 11 is 22.6. The highest BCUT2D eigenvalue weighted by Gasteiger charge is 2.72. The van der Waals surface area contributed by atoms with Crippen LogP contribution in [0.25, 0.3) is 0 Å². The van der Waals surface area contributed by atoms with Gasteiger partial charge in [0.25, 0.3) is 19.6 Å². The lowest BCUT2D eigenvalue weighted by atomic mass is 10.3. The molecule has 1 aromatic carbocycles. The van der Waals surface area contributed by atoms with Crippen molar-refractivity contribution >= 4 is 68.0 Å². The molecule has 1 aliphatic rings. The molecule has 0 bridgehead atoms. The van der Waals surface area contributed by atoms with Crippen LogP contribution in [-0.2, 0) is 14.8 Å². The molecule has 1 fully saturated rings. The fourth-order valence-electron chi connectivity index (χ4n) is 1.46. The molecule has 0 N–H and O–H groups in total. The number of benzene rings is 1. The molecule has 9 heteroatoms. The van der Waals surface area contributed by atoms with E-state index in [0.717, 1.165) is 0 Å². The van der Waals surface area contributed by atoms with Crippen LogP contribution in [0, 0.1) is 0 Å². The second-order valence-electron chi connectivity index (χ2n) is 3.50. The van der Waals surface area contributed by atoms with Gasteiger partial charge in [-0.1, -0.05) is 64.6 Å². The Morgan fingerprint density at radius 3 is 1.89 bits per heavy atom. The number of halogens is 4. The maximum atomic E-state index is 12.1. The molecule has 4 nitrogen and oxygen atoms in total. The van der Waals surface area contributed by atoms with Gasteiger partial charge in [0, 0.05) is 0 Å². The molecule has 0 atom stereocenters. The minimum atomic E-state index is -4.42. The van der Waals surface area contributed by atoms with E-state index in [-0.39, 0.29) is 5.69 Å². The first-order chi connectivity index (χ1) is 8.14. The Hall–Kier alpha value is -0.200. The zero-order chi connectivity index (χ0) is 13.8. The maximum absolute atomic E-state index is 12.1. The third-order valence-electron chi connectivity index (χ3n) is 2.37. The fraction of sp³-hybridized carbons (Fsp3) is 0.222. The van der Waals surface area contributed by atoms with Crippen molar-refractivity contribution in [2.75, 3.05) is 4.31 Å². The van der Waals surface area contributed by atoms with Crippen molar-refractivity contribution < 1.29 is 13.2 Å². The van der Waals surface area contributed by atoms with Crippen molar-refractivity contribution in [3.05, 3.63) is 30.3 Å². The average molecular weight is 349 g/mol. The van der Waals surface area contributed by atoms with Gasteiger partial charge in [-0.25, -0.2) is 12.7 Å². The van der Waals surface area contributed by atoms with Gasteiger partial charge in [0.15, 0.2) is 0 Å². The first-order valence-corrected chi connectivity index (χ1v) is 7.49. The highest BCUT2D eigenvalue weighted by atomic mass is 35.5. The monoisotopic (exact) mass is 347 g/mol. The number of amides is 1. The summed E-state index contributed by atoms with van der Waals surface area (Å²) in [6.07, 6.45) is 0. The first-order valence-electron chi connectivity index (χ1n) is 4.54. The number of hydrogen-bond acceptors (Lipinski definition) is 3. The Morgan fingerprint density at radius 2 is 1.50 bits per heavy atom. The Labute approximate surface area is 123 Å². The van der Waals surface area contributed by atoms with Crippen LogP contribution in [0.15, 0.2) is 30.3 Å². The van der Waals surface area contributed by atoms with Crippen LogP contribution in [0.4, 0.5) is 5.69 Å². The molecule has 0 aliphatic carbocycles.